The molecule has 5 heteroatoms. The molecular formula is C12H15N5. The highest BCUT2D eigenvalue weighted by atomic mass is 15.3. The Hall–Kier alpha value is -2.04. The fourth-order valence-corrected chi connectivity index (χ4v) is 1.92. The van der Waals surface area contributed by atoms with Gasteiger partial charge >= 0.3 is 0 Å². The van der Waals surface area contributed by atoms with Crippen molar-refractivity contribution in [2.75, 3.05) is 13.1 Å². The second-order valence-corrected chi connectivity index (χ2v) is 4.22. The van der Waals surface area contributed by atoms with E-state index in [0.29, 0.717) is 12.5 Å². The van der Waals surface area contributed by atoms with Gasteiger partial charge in [-0.3, -0.25) is 0 Å². The van der Waals surface area contributed by atoms with Crippen molar-refractivity contribution in [3.05, 3.63) is 36.2 Å². The average molecular weight is 229 g/mol. The third-order valence-corrected chi connectivity index (χ3v) is 3.10. The van der Waals surface area contributed by atoms with Gasteiger partial charge in [-0.1, -0.05) is 6.07 Å². The van der Waals surface area contributed by atoms with E-state index < -0.39 is 0 Å². The maximum atomic E-state index is 5.89. The molecule has 3 rings (SSSR count). The summed E-state index contributed by atoms with van der Waals surface area (Å²) in [6.07, 6.45) is 5.00. The molecule has 1 fully saturated rings. The highest BCUT2D eigenvalue weighted by Gasteiger charge is 2.15. The summed E-state index contributed by atoms with van der Waals surface area (Å²) in [5.74, 6) is 0.645. The number of rotatable bonds is 2. The number of aromatic nitrogens is 2. The van der Waals surface area contributed by atoms with Gasteiger partial charge in [-0.15, -0.1) is 0 Å². The van der Waals surface area contributed by atoms with Crippen LogP contribution in [-0.4, -0.2) is 33.6 Å². The van der Waals surface area contributed by atoms with E-state index in [-0.39, 0.29) is 0 Å². The predicted octanol–water partition coefficient (Wildman–Crippen LogP) is 0.855. The zero-order chi connectivity index (χ0) is 11.7. The van der Waals surface area contributed by atoms with E-state index in [1.54, 1.807) is 0 Å². The zero-order valence-corrected chi connectivity index (χ0v) is 9.58. The molecule has 17 heavy (non-hydrogen) atoms. The molecule has 0 bridgehead atoms. The van der Waals surface area contributed by atoms with E-state index in [1.165, 1.54) is 6.42 Å². The smallest absolute Gasteiger partial charge is 0.191 e. The average Bonchev–Trinajstić information content (AvgIpc) is 2.67. The quantitative estimate of drug-likeness (QED) is 0.613. The number of guanidine groups is 1. The summed E-state index contributed by atoms with van der Waals surface area (Å²) in [5.41, 5.74) is 8.08. The maximum absolute atomic E-state index is 5.89. The topological polar surface area (TPSA) is 58.9 Å². The van der Waals surface area contributed by atoms with Crippen LogP contribution in [0, 0.1) is 0 Å². The van der Waals surface area contributed by atoms with Crippen molar-refractivity contribution in [2.45, 2.75) is 13.0 Å². The number of nitrogens with zero attached hydrogens (tertiary/aromatic N) is 4. The fraction of sp³-hybridized carbons (Fsp3) is 0.333. The molecule has 0 radical (unpaired) electrons. The first-order valence-electron chi connectivity index (χ1n) is 5.81. The first kappa shape index (κ1) is 10.1. The van der Waals surface area contributed by atoms with Crippen LogP contribution in [0.25, 0.3) is 5.52 Å². The Bertz CT molecular complexity index is 553. The van der Waals surface area contributed by atoms with E-state index >= 15 is 0 Å². The van der Waals surface area contributed by atoms with E-state index in [1.807, 2.05) is 35.1 Å². The normalized spacial score (nSPS) is 16.2. The Balaban J connectivity index is 1.80. The van der Waals surface area contributed by atoms with Crippen molar-refractivity contribution in [3.63, 3.8) is 0 Å². The van der Waals surface area contributed by atoms with Crippen LogP contribution in [0.1, 0.15) is 12.0 Å². The van der Waals surface area contributed by atoms with Gasteiger partial charge in [-0.05, 0) is 18.6 Å². The largest absolute Gasteiger partial charge is 0.370 e. The molecule has 0 amide bonds. The number of nitrogens with two attached hydrogens (primary N) is 1. The first-order valence-corrected chi connectivity index (χ1v) is 5.81. The van der Waals surface area contributed by atoms with E-state index in [9.17, 15) is 0 Å². The standard InChI is InChI=1S/C12H15N5/c13-12(16-5-3-6-16)14-8-10-9-15-17-7-2-1-4-11(10)17/h1-2,4,7,9H,3,5-6,8H2,(H2,13,14). The Morgan fingerprint density at radius 2 is 2.29 bits per heavy atom. The molecule has 1 aliphatic heterocycles. The summed E-state index contributed by atoms with van der Waals surface area (Å²) >= 11 is 0. The number of hydrogen-bond donors (Lipinski definition) is 1. The molecule has 0 saturated carbocycles. The Morgan fingerprint density at radius 3 is 3.06 bits per heavy atom. The summed E-state index contributed by atoms with van der Waals surface area (Å²) in [5, 5.41) is 4.27. The minimum Gasteiger partial charge on any atom is -0.370 e. The molecule has 1 saturated heterocycles. The zero-order valence-electron chi connectivity index (χ0n) is 9.58. The predicted molar refractivity (Wildman–Crippen MR) is 66.7 cm³/mol. The van der Waals surface area contributed by atoms with Gasteiger partial charge in [0, 0.05) is 24.8 Å². The maximum Gasteiger partial charge on any atom is 0.191 e. The summed E-state index contributed by atoms with van der Waals surface area (Å²) in [6.45, 7) is 2.66. The molecule has 88 valence electrons. The van der Waals surface area contributed by atoms with Gasteiger partial charge in [0.25, 0.3) is 0 Å². The third kappa shape index (κ3) is 1.84. The van der Waals surface area contributed by atoms with Crippen molar-refractivity contribution < 1.29 is 0 Å². The molecule has 0 aliphatic carbocycles. The number of pyridine rings is 1. The van der Waals surface area contributed by atoms with Crippen molar-refractivity contribution >= 4 is 11.5 Å². The molecule has 0 spiro atoms. The molecule has 1 aliphatic rings. The summed E-state index contributed by atoms with van der Waals surface area (Å²) in [7, 11) is 0. The van der Waals surface area contributed by atoms with Crippen LogP contribution >= 0.6 is 0 Å². The highest BCUT2D eigenvalue weighted by molar-refractivity contribution is 5.78. The van der Waals surface area contributed by atoms with Gasteiger partial charge in [0.05, 0.1) is 18.3 Å². The van der Waals surface area contributed by atoms with Crippen LogP contribution in [0.4, 0.5) is 0 Å². The molecule has 5 nitrogen and oxygen atoms in total. The number of hydrogen-bond acceptors (Lipinski definition) is 2. The Labute approximate surface area is 99.6 Å². The van der Waals surface area contributed by atoms with Crippen LogP contribution < -0.4 is 5.73 Å². The van der Waals surface area contributed by atoms with Gasteiger partial charge in [0.15, 0.2) is 5.96 Å². The highest BCUT2D eigenvalue weighted by Crippen LogP contribution is 2.11. The molecule has 2 aromatic heterocycles. The first-order chi connectivity index (χ1) is 8.34. The van der Waals surface area contributed by atoms with Crippen LogP contribution in [-0.2, 0) is 6.54 Å². The number of fused-ring (bicyclic) bond motifs is 1. The second kappa shape index (κ2) is 4.08. The summed E-state index contributed by atoms with van der Waals surface area (Å²) in [4.78, 5) is 6.49. The third-order valence-electron chi connectivity index (χ3n) is 3.10. The van der Waals surface area contributed by atoms with Gasteiger partial charge in [-0.25, -0.2) is 9.51 Å². The van der Waals surface area contributed by atoms with Gasteiger partial charge < -0.3 is 10.6 Å². The molecular weight excluding hydrogens is 214 g/mol. The lowest BCUT2D eigenvalue weighted by Crippen LogP contribution is -2.46. The SMILES string of the molecule is NC(=NCc1cnn2ccccc12)N1CCC1. The number of aliphatic imine (C=N–C) groups is 1. The number of likely N-dealkylation sites (tertiary alicyclic amines) is 1. The van der Waals surface area contributed by atoms with Gasteiger partial charge in [0.1, 0.15) is 0 Å². The fourth-order valence-electron chi connectivity index (χ4n) is 1.92. The van der Waals surface area contributed by atoms with E-state index in [2.05, 4.69) is 15.0 Å². The molecule has 2 N–H and O–H groups in total. The van der Waals surface area contributed by atoms with Crippen LogP contribution in [0.15, 0.2) is 35.6 Å². The summed E-state index contributed by atoms with van der Waals surface area (Å²) in [6, 6.07) is 6.00. The molecule has 2 aromatic rings. The minimum atomic E-state index is 0.593. The van der Waals surface area contributed by atoms with Crippen molar-refractivity contribution in [1.29, 1.82) is 0 Å². The lowest BCUT2D eigenvalue weighted by Gasteiger charge is -2.31. The van der Waals surface area contributed by atoms with Crippen molar-refractivity contribution in [1.82, 2.24) is 14.5 Å². The van der Waals surface area contributed by atoms with Gasteiger partial charge in [0.2, 0.25) is 0 Å². The van der Waals surface area contributed by atoms with Crippen LogP contribution in [0.2, 0.25) is 0 Å². The Kier molecular flexibility index (Phi) is 2.44. The van der Waals surface area contributed by atoms with Crippen LogP contribution in [0.5, 0.6) is 0 Å². The van der Waals surface area contributed by atoms with E-state index in [0.717, 1.165) is 24.2 Å². The van der Waals surface area contributed by atoms with E-state index in [4.69, 9.17) is 5.73 Å². The lowest BCUT2D eigenvalue weighted by molar-refractivity contribution is 0.295. The lowest BCUT2D eigenvalue weighted by atomic mass is 10.2. The van der Waals surface area contributed by atoms with Crippen molar-refractivity contribution in [3.8, 4) is 0 Å². The second-order valence-electron chi connectivity index (χ2n) is 4.22. The van der Waals surface area contributed by atoms with Crippen LogP contribution in [0.3, 0.4) is 0 Å². The molecule has 3 heterocycles. The summed E-state index contributed by atoms with van der Waals surface area (Å²) < 4.78 is 1.85. The molecule has 0 aromatic carbocycles. The van der Waals surface area contributed by atoms with Crippen molar-refractivity contribution in [2.24, 2.45) is 10.7 Å². The monoisotopic (exact) mass is 229 g/mol. The molecule has 0 unspecified atom stereocenters. The Morgan fingerprint density at radius 1 is 1.41 bits per heavy atom. The minimum absolute atomic E-state index is 0.593. The van der Waals surface area contributed by atoms with Gasteiger partial charge in [-0.2, -0.15) is 5.10 Å². The molecule has 0 atom stereocenters.